The van der Waals surface area contributed by atoms with Gasteiger partial charge in [0.05, 0.1) is 0 Å². The van der Waals surface area contributed by atoms with Crippen LogP contribution in [-0.4, -0.2) is 27.1 Å². The van der Waals surface area contributed by atoms with Crippen LogP contribution in [0.3, 0.4) is 0 Å². The summed E-state index contributed by atoms with van der Waals surface area (Å²) in [6, 6.07) is 0. The van der Waals surface area contributed by atoms with Crippen LogP contribution in [0.2, 0.25) is 0 Å². The summed E-state index contributed by atoms with van der Waals surface area (Å²) in [5, 5.41) is 0. The van der Waals surface area contributed by atoms with Gasteiger partial charge in [0.1, 0.15) is 0 Å². The van der Waals surface area contributed by atoms with Gasteiger partial charge in [-0.05, 0) is 54.2 Å². The lowest BCUT2D eigenvalue weighted by Crippen LogP contribution is -2.49. The summed E-state index contributed by atoms with van der Waals surface area (Å²) in [6.07, 6.45) is 2.24. The molecule has 0 saturated heterocycles. The fraction of sp³-hybridized carbons (Fsp3) is 0.833. The third-order valence-electron chi connectivity index (χ3n) is 1.57. The quantitative estimate of drug-likeness (QED) is 0.645. The molecule has 4 heteroatoms. The van der Waals surface area contributed by atoms with E-state index in [1.807, 2.05) is 60.2 Å². The van der Waals surface area contributed by atoms with Crippen molar-refractivity contribution in [3.8, 4) is 0 Å². The fourth-order valence-electron chi connectivity index (χ4n) is 1.39. The van der Waals surface area contributed by atoms with E-state index in [4.69, 9.17) is 13.3 Å². The smallest absolute Gasteiger partial charge is 0.368 e. The minimum Gasteiger partial charge on any atom is -0.368 e. The third-order valence-corrected chi connectivity index (χ3v) is 4.71. The second-order valence-corrected chi connectivity index (χ2v) is 6.85. The zero-order chi connectivity index (χ0) is 12.8. The molecule has 16 heavy (non-hydrogen) atoms. The first-order chi connectivity index (χ1) is 7.31. The van der Waals surface area contributed by atoms with Gasteiger partial charge in [-0.25, -0.2) is 0 Å². The minimum atomic E-state index is -2.67. The van der Waals surface area contributed by atoms with Gasteiger partial charge in [-0.3, -0.25) is 0 Å². The molecular weight excluding hydrogens is 220 g/mol. The van der Waals surface area contributed by atoms with Gasteiger partial charge in [0.25, 0.3) is 0 Å². The molecule has 0 aromatic heterocycles. The first-order valence-corrected chi connectivity index (χ1v) is 7.79. The lowest BCUT2D eigenvalue weighted by molar-refractivity contribution is 0.0139. The first kappa shape index (κ1) is 15.8. The van der Waals surface area contributed by atoms with Gasteiger partial charge < -0.3 is 13.3 Å². The first-order valence-electron chi connectivity index (χ1n) is 5.98. The largest absolute Gasteiger partial charge is 0.529 e. The summed E-state index contributed by atoms with van der Waals surface area (Å²) in [5.74, 6) is 0. The Morgan fingerprint density at radius 1 is 0.750 bits per heavy atom. The van der Waals surface area contributed by atoms with Gasteiger partial charge in [-0.15, -0.1) is 0 Å². The highest BCUT2D eigenvalue weighted by atomic mass is 28.4. The standard InChI is InChI=1S/C12H26O3Si/c1-8-9-16(13-10(2)3,14-11(4)5)15-12(6)7/h8-12H,1-7H3/b9-8+. The van der Waals surface area contributed by atoms with Crippen molar-refractivity contribution in [1.82, 2.24) is 0 Å². The van der Waals surface area contributed by atoms with E-state index in [0.29, 0.717) is 0 Å². The third kappa shape index (κ3) is 6.43. The fourth-order valence-corrected chi connectivity index (χ4v) is 4.17. The molecule has 0 heterocycles. The van der Waals surface area contributed by atoms with Crippen LogP contribution in [0.25, 0.3) is 0 Å². The van der Waals surface area contributed by atoms with Gasteiger partial charge in [0, 0.05) is 18.3 Å². The minimum absolute atomic E-state index is 0.0976. The molecule has 0 spiro atoms. The van der Waals surface area contributed by atoms with Crippen LogP contribution in [0.5, 0.6) is 0 Å². The summed E-state index contributed by atoms with van der Waals surface area (Å²) < 4.78 is 17.7. The zero-order valence-corrected chi connectivity index (χ0v) is 12.6. The van der Waals surface area contributed by atoms with Crippen LogP contribution < -0.4 is 0 Å². The number of hydrogen-bond donors (Lipinski definition) is 0. The topological polar surface area (TPSA) is 27.7 Å². The monoisotopic (exact) mass is 246 g/mol. The normalized spacial score (nSPS) is 13.6. The predicted octanol–water partition coefficient (Wildman–Crippen LogP) is 3.32. The SMILES string of the molecule is C/C=C/[Si](OC(C)C)(OC(C)C)OC(C)C. The van der Waals surface area contributed by atoms with Crippen LogP contribution >= 0.6 is 0 Å². The van der Waals surface area contributed by atoms with E-state index in [1.54, 1.807) is 0 Å². The molecule has 0 N–H and O–H groups in total. The molecular formula is C12H26O3Si. The van der Waals surface area contributed by atoms with Gasteiger partial charge in [-0.1, -0.05) is 6.08 Å². The van der Waals surface area contributed by atoms with Crippen molar-refractivity contribution < 1.29 is 13.3 Å². The highest BCUT2D eigenvalue weighted by Crippen LogP contribution is 2.18. The van der Waals surface area contributed by atoms with Crippen molar-refractivity contribution in [2.24, 2.45) is 0 Å². The van der Waals surface area contributed by atoms with Crippen LogP contribution in [-0.2, 0) is 13.3 Å². The summed E-state index contributed by atoms with van der Waals surface area (Å²) in [5.41, 5.74) is 1.95. The Balaban J connectivity index is 4.87. The maximum absolute atomic E-state index is 5.91. The number of rotatable bonds is 7. The summed E-state index contributed by atoms with van der Waals surface area (Å²) in [7, 11) is -2.67. The molecule has 0 aromatic rings. The molecule has 0 radical (unpaired) electrons. The Hall–Kier alpha value is -0.163. The van der Waals surface area contributed by atoms with Gasteiger partial charge in [0.15, 0.2) is 0 Å². The molecule has 0 aromatic carbocycles. The Bertz CT molecular complexity index is 186. The highest BCUT2D eigenvalue weighted by Gasteiger charge is 2.41. The van der Waals surface area contributed by atoms with Crippen molar-refractivity contribution in [3.05, 3.63) is 11.8 Å². The van der Waals surface area contributed by atoms with E-state index in [0.717, 1.165) is 0 Å². The summed E-state index contributed by atoms with van der Waals surface area (Å²) in [6.45, 7) is 13.9. The molecule has 3 nitrogen and oxygen atoms in total. The second kappa shape index (κ2) is 7.22. The van der Waals surface area contributed by atoms with Crippen LogP contribution in [0.15, 0.2) is 11.8 Å². The molecule has 0 atom stereocenters. The summed E-state index contributed by atoms with van der Waals surface area (Å²) >= 11 is 0. The maximum atomic E-state index is 5.91. The second-order valence-electron chi connectivity index (χ2n) is 4.60. The lowest BCUT2D eigenvalue weighted by atomic mass is 10.5. The predicted molar refractivity (Wildman–Crippen MR) is 69.2 cm³/mol. The van der Waals surface area contributed by atoms with Crippen molar-refractivity contribution >= 4 is 8.80 Å². The van der Waals surface area contributed by atoms with Crippen LogP contribution in [0.1, 0.15) is 48.5 Å². The van der Waals surface area contributed by atoms with Crippen LogP contribution in [0.4, 0.5) is 0 Å². The van der Waals surface area contributed by atoms with E-state index in [9.17, 15) is 0 Å². The average Bonchev–Trinajstić information content (AvgIpc) is 1.98. The van der Waals surface area contributed by atoms with E-state index >= 15 is 0 Å². The van der Waals surface area contributed by atoms with E-state index < -0.39 is 8.80 Å². The molecule has 0 aliphatic rings. The van der Waals surface area contributed by atoms with E-state index in [-0.39, 0.29) is 18.3 Å². The van der Waals surface area contributed by atoms with Gasteiger partial charge in [0.2, 0.25) is 0 Å². The summed E-state index contributed by atoms with van der Waals surface area (Å²) in [4.78, 5) is 0. The molecule has 0 rings (SSSR count). The van der Waals surface area contributed by atoms with Crippen molar-refractivity contribution in [1.29, 1.82) is 0 Å². The molecule has 0 aliphatic heterocycles. The Morgan fingerprint density at radius 2 is 1.06 bits per heavy atom. The van der Waals surface area contributed by atoms with Gasteiger partial charge >= 0.3 is 8.80 Å². The Morgan fingerprint density at radius 3 is 1.25 bits per heavy atom. The van der Waals surface area contributed by atoms with Crippen molar-refractivity contribution in [2.45, 2.75) is 66.8 Å². The van der Waals surface area contributed by atoms with Gasteiger partial charge in [-0.2, -0.15) is 0 Å². The number of hydrogen-bond acceptors (Lipinski definition) is 3. The van der Waals surface area contributed by atoms with E-state index in [1.165, 1.54) is 0 Å². The molecule has 0 saturated carbocycles. The van der Waals surface area contributed by atoms with Crippen molar-refractivity contribution in [3.63, 3.8) is 0 Å². The van der Waals surface area contributed by atoms with Crippen molar-refractivity contribution in [2.75, 3.05) is 0 Å². The Labute approximate surface area is 101 Å². The Kier molecular flexibility index (Phi) is 7.15. The molecule has 0 fully saturated rings. The molecule has 0 amide bonds. The zero-order valence-electron chi connectivity index (χ0n) is 11.6. The van der Waals surface area contributed by atoms with E-state index in [2.05, 4.69) is 0 Å². The molecule has 0 aliphatic carbocycles. The molecule has 0 unspecified atom stereocenters. The maximum Gasteiger partial charge on any atom is 0.529 e. The highest BCUT2D eigenvalue weighted by molar-refractivity contribution is 6.66. The molecule has 96 valence electrons. The average molecular weight is 246 g/mol. The molecule has 0 bridgehead atoms. The van der Waals surface area contributed by atoms with Crippen LogP contribution in [0, 0.1) is 0 Å². The number of allylic oxidation sites excluding steroid dienone is 1. The lowest BCUT2D eigenvalue weighted by Gasteiger charge is -2.32.